The molecule has 56 valence electrons. The van der Waals surface area contributed by atoms with Crippen molar-refractivity contribution in [1.82, 2.24) is 0 Å². The highest BCUT2D eigenvalue weighted by atomic mass is 33.1. The Bertz CT molecular complexity index is 48.9. The molecule has 0 aromatic carbocycles. The van der Waals surface area contributed by atoms with Crippen molar-refractivity contribution in [1.29, 1.82) is 0 Å². The van der Waals surface area contributed by atoms with E-state index in [1.165, 1.54) is 18.6 Å². The third-order valence-corrected chi connectivity index (χ3v) is 4.12. The molecule has 1 rings (SSSR count). The molecule has 0 bridgehead atoms. The van der Waals surface area contributed by atoms with E-state index in [1.54, 1.807) is 0 Å². The Hall–Kier alpha value is 0.700. The molecule has 0 amide bonds. The molecule has 0 aromatic rings. The summed E-state index contributed by atoms with van der Waals surface area (Å²) in [4.78, 5) is 0. The van der Waals surface area contributed by atoms with Crippen molar-refractivity contribution in [2.24, 2.45) is 0 Å². The summed E-state index contributed by atoms with van der Waals surface area (Å²) in [5.41, 5.74) is 0. The van der Waals surface area contributed by atoms with Gasteiger partial charge in [0.15, 0.2) is 0 Å². The third-order valence-electron chi connectivity index (χ3n) is 1.07. The zero-order valence-electron chi connectivity index (χ0n) is 6.52. The van der Waals surface area contributed by atoms with Crippen LogP contribution in [0.4, 0.5) is 0 Å². The molecule has 0 nitrogen and oxygen atoms in total. The van der Waals surface area contributed by atoms with Crippen LogP contribution < -0.4 is 0 Å². The molecule has 1 unspecified atom stereocenters. The molecular formula is C7H16S2. The van der Waals surface area contributed by atoms with Crippen LogP contribution >= 0.6 is 21.6 Å². The Labute approximate surface area is 66.6 Å². The van der Waals surface area contributed by atoms with E-state index in [2.05, 4.69) is 6.92 Å². The van der Waals surface area contributed by atoms with Crippen molar-refractivity contribution in [3.8, 4) is 0 Å². The molecule has 9 heavy (non-hydrogen) atoms. The summed E-state index contributed by atoms with van der Waals surface area (Å²) >= 11 is 0. The molecular weight excluding hydrogens is 148 g/mol. The first-order valence-corrected chi connectivity index (χ1v) is 6.06. The molecule has 0 radical (unpaired) electrons. The maximum absolute atomic E-state index is 2.30. The normalized spacial score (nSPS) is 26.3. The Kier molecular flexibility index (Phi) is 7.34. The minimum absolute atomic E-state index is 0.916. The van der Waals surface area contributed by atoms with Gasteiger partial charge in [-0.15, -0.1) is 0 Å². The van der Waals surface area contributed by atoms with Crippen molar-refractivity contribution < 1.29 is 0 Å². The zero-order chi connectivity index (χ0) is 7.11. The van der Waals surface area contributed by atoms with Crippen LogP contribution in [0.5, 0.6) is 0 Å². The average molecular weight is 164 g/mol. The molecule has 1 aliphatic heterocycles. The van der Waals surface area contributed by atoms with Gasteiger partial charge in [-0.05, 0) is 12.8 Å². The first-order valence-electron chi connectivity index (χ1n) is 3.68. The molecule has 0 aliphatic carbocycles. The molecule has 1 heterocycles. The van der Waals surface area contributed by atoms with Crippen LogP contribution in [0.3, 0.4) is 0 Å². The van der Waals surface area contributed by atoms with Crippen LogP contribution in [0.1, 0.15) is 33.6 Å². The highest BCUT2D eigenvalue weighted by molar-refractivity contribution is 8.77. The van der Waals surface area contributed by atoms with Gasteiger partial charge in [-0.2, -0.15) is 0 Å². The highest BCUT2D eigenvalue weighted by Crippen LogP contribution is 2.34. The summed E-state index contributed by atoms with van der Waals surface area (Å²) in [5.74, 6) is 1.37. The van der Waals surface area contributed by atoms with E-state index in [9.17, 15) is 0 Å². The van der Waals surface area contributed by atoms with Crippen molar-refractivity contribution in [2.75, 3.05) is 5.75 Å². The van der Waals surface area contributed by atoms with E-state index in [1.807, 2.05) is 35.4 Å². The fourth-order valence-electron chi connectivity index (χ4n) is 0.642. The Morgan fingerprint density at radius 3 is 2.22 bits per heavy atom. The summed E-state index contributed by atoms with van der Waals surface area (Å²) in [7, 11) is 4.05. The predicted molar refractivity (Wildman–Crippen MR) is 50.1 cm³/mol. The van der Waals surface area contributed by atoms with Crippen LogP contribution in [-0.4, -0.2) is 11.0 Å². The second-order valence-electron chi connectivity index (χ2n) is 1.87. The molecule has 0 saturated carbocycles. The van der Waals surface area contributed by atoms with Gasteiger partial charge in [-0.25, -0.2) is 0 Å². The smallest absolute Gasteiger partial charge is 0.0123 e. The fraction of sp³-hybridized carbons (Fsp3) is 1.00. The zero-order valence-corrected chi connectivity index (χ0v) is 8.15. The van der Waals surface area contributed by atoms with Gasteiger partial charge in [0, 0.05) is 11.0 Å². The SMILES string of the molecule is CC.CC1CCCSS1. The molecule has 1 aliphatic rings. The second-order valence-corrected chi connectivity index (χ2v) is 4.80. The lowest BCUT2D eigenvalue weighted by atomic mass is 10.3. The Morgan fingerprint density at radius 2 is 2.00 bits per heavy atom. The van der Waals surface area contributed by atoms with Crippen LogP contribution in [0, 0.1) is 0 Å². The monoisotopic (exact) mass is 164 g/mol. The minimum Gasteiger partial charge on any atom is -0.0939 e. The van der Waals surface area contributed by atoms with Gasteiger partial charge in [0.1, 0.15) is 0 Å². The summed E-state index contributed by atoms with van der Waals surface area (Å²) in [6, 6.07) is 0. The van der Waals surface area contributed by atoms with Crippen molar-refractivity contribution in [3.05, 3.63) is 0 Å². The maximum Gasteiger partial charge on any atom is 0.0123 e. The summed E-state index contributed by atoms with van der Waals surface area (Å²) < 4.78 is 0. The van der Waals surface area contributed by atoms with Crippen LogP contribution in [0.15, 0.2) is 0 Å². The van der Waals surface area contributed by atoms with Gasteiger partial charge >= 0.3 is 0 Å². The van der Waals surface area contributed by atoms with Crippen LogP contribution in [-0.2, 0) is 0 Å². The van der Waals surface area contributed by atoms with Gasteiger partial charge in [0.05, 0.1) is 0 Å². The summed E-state index contributed by atoms with van der Waals surface area (Å²) in [6.45, 7) is 6.30. The molecule has 1 atom stereocenters. The standard InChI is InChI=1S/C5H10S2.C2H6/c1-5-3-2-4-6-7-5;1-2/h5H,2-4H2,1H3;1-2H3. The maximum atomic E-state index is 2.30. The first kappa shape index (κ1) is 9.70. The lowest BCUT2D eigenvalue weighted by molar-refractivity contribution is 0.793. The predicted octanol–water partition coefficient (Wildman–Crippen LogP) is 3.58. The summed E-state index contributed by atoms with van der Waals surface area (Å²) in [5, 5.41) is 0.916. The van der Waals surface area contributed by atoms with Crippen LogP contribution in [0.25, 0.3) is 0 Å². The quantitative estimate of drug-likeness (QED) is 0.502. The van der Waals surface area contributed by atoms with Gasteiger partial charge in [0.2, 0.25) is 0 Å². The van der Waals surface area contributed by atoms with Gasteiger partial charge < -0.3 is 0 Å². The van der Waals surface area contributed by atoms with E-state index >= 15 is 0 Å². The average Bonchev–Trinajstić information content (AvgIpc) is 1.94. The molecule has 0 aromatic heterocycles. The molecule has 2 heteroatoms. The Morgan fingerprint density at radius 1 is 1.33 bits per heavy atom. The topological polar surface area (TPSA) is 0 Å². The van der Waals surface area contributed by atoms with E-state index in [-0.39, 0.29) is 0 Å². The van der Waals surface area contributed by atoms with E-state index in [4.69, 9.17) is 0 Å². The molecule has 0 N–H and O–H groups in total. The first-order chi connectivity index (χ1) is 4.39. The highest BCUT2D eigenvalue weighted by Gasteiger charge is 2.07. The number of hydrogen-bond donors (Lipinski definition) is 0. The van der Waals surface area contributed by atoms with Crippen molar-refractivity contribution >= 4 is 21.6 Å². The molecule has 0 spiro atoms. The lowest BCUT2D eigenvalue weighted by Gasteiger charge is -2.14. The fourth-order valence-corrected chi connectivity index (χ4v) is 3.15. The molecule has 1 fully saturated rings. The van der Waals surface area contributed by atoms with Crippen molar-refractivity contribution in [2.45, 2.75) is 38.9 Å². The van der Waals surface area contributed by atoms with Gasteiger partial charge in [-0.1, -0.05) is 42.4 Å². The largest absolute Gasteiger partial charge is 0.0939 e. The van der Waals surface area contributed by atoms with Crippen molar-refractivity contribution in [3.63, 3.8) is 0 Å². The van der Waals surface area contributed by atoms with Gasteiger partial charge in [-0.3, -0.25) is 0 Å². The minimum atomic E-state index is 0.916. The van der Waals surface area contributed by atoms with E-state index in [0.29, 0.717) is 0 Å². The van der Waals surface area contributed by atoms with Crippen LogP contribution in [0.2, 0.25) is 0 Å². The Balaban J connectivity index is 0.000000291. The number of hydrogen-bond acceptors (Lipinski definition) is 2. The summed E-state index contributed by atoms with van der Waals surface area (Å²) in [6.07, 6.45) is 2.86. The number of rotatable bonds is 0. The van der Waals surface area contributed by atoms with E-state index in [0.717, 1.165) is 5.25 Å². The van der Waals surface area contributed by atoms with Gasteiger partial charge in [0.25, 0.3) is 0 Å². The van der Waals surface area contributed by atoms with E-state index < -0.39 is 0 Å². The molecule has 1 saturated heterocycles. The lowest BCUT2D eigenvalue weighted by Crippen LogP contribution is -1.99. The second kappa shape index (κ2) is 6.81. The third kappa shape index (κ3) is 5.16.